The number of nitrogens with one attached hydrogen (secondary N) is 2. The van der Waals surface area contributed by atoms with Crippen LogP contribution in [0, 0.1) is 23.2 Å². The molecule has 1 amide bonds. The average Bonchev–Trinajstić information content (AvgIpc) is 3.55. The second-order valence-electron chi connectivity index (χ2n) is 10.2. The molecule has 172 valence electrons. The molecule has 6 rings (SSSR count). The van der Waals surface area contributed by atoms with E-state index in [1.165, 1.54) is 19.3 Å². The van der Waals surface area contributed by atoms with Gasteiger partial charge in [-0.15, -0.1) is 0 Å². The van der Waals surface area contributed by atoms with Crippen LogP contribution in [0.4, 0.5) is 0 Å². The number of methoxy groups -OCH3 is 1. The zero-order chi connectivity index (χ0) is 22.7. The molecule has 1 aromatic carbocycles. The van der Waals surface area contributed by atoms with Crippen LogP contribution in [0.25, 0.3) is 6.08 Å². The van der Waals surface area contributed by atoms with Gasteiger partial charge in [-0.1, -0.05) is 30.9 Å². The van der Waals surface area contributed by atoms with E-state index in [0.29, 0.717) is 24.3 Å². The first-order valence-electron chi connectivity index (χ1n) is 11.4. The van der Waals surface area contributed by atoms with Crippen LogP contribution in [0.2, 0.25) is 0 Å². The Labute approximate surface area is 189 Å². The minimum absolute atomic E-state index is 0.0146. The lowest BCUT2D eigenvalue weighted by Crippen LogP contribution is -2.63. The second-order valence-corrected chi connectivity index (χ2v) is 11.8. The molecule has 7 nitrogen and oxygen atoms in total. The van der Waals surface area contributed by atoms with E-state index in [4.69, 9.17) is 4.74 Å². The van der Waals surface area contributed by atoms with Crippen molar-refractivity contribution in [3.8, 4) is 0 Å². The summed E-state index contributed by atoms with van der Waals surface area (Å²) in [7, 11) is -2.42. The predicted octanol–water partition coefficient (Wildman–Crippen LogP) is 2.62. The predicted molar refractivity (Wildman–Crippen MR) is 119 cm³/mol. The first-order valence-corrected chi connectivity index (χ1v) is 12.9. The van der Waals surface area contributed by atoms with E-state index < -0.39 is 21.0 Å². The third-order valence-electron chi connectivity index (χ3n) is 8.13. The maximum Gasteiger partial charge on any atom is 0.311 e. The Kier molecular flexibility index (Phi) is 5.02. The summed E-state index contributed by atoms with van der Waals surface area (Å²) >= 11 is 0. The third kappa shape index (κ3) is 3.39. The lowest BCUT2D eigenvalue weighted by atomic mass is 9.48. The van der Waals surface area contributed by atoms with Crippen molar-refractivity contribution in [2.75, 3.05) is 7.11 Å². The summed E-state index contributed by atoms with van der Waals surface area (Å²) in [6.07, 6.45) is 6.83. The number of ether oxygens (including phenoxy) is 1. The number of sulfonamides is 1. The van der Waals surface area contributed by atoms with Gasteiger partial charge in [-0.3, -0.25) is 9.59 Å². The Morgan fingerprint density at radius 2 is 1.78 bits per heavy atom. The van der Waals surface area contributed by atoms with Gasteiger partial charge in [0.2, 0.25) is 15.9 Å². The van der Waals surface area contributed by atoms with Gasteiger partial charge in [0.15, 0.2) is 0 Å². The Morgan fingerprint density at radius 1 is 1.12 bits per heavy atom. The van der Waals surface area contributed by atoms with Crippen LogP contribution in [0.15, 0.2) is 35.7 Å². The molecule has 5 aliphatic carbocycles. The Hall–Kier alpha value is -2.19. The van der Waals surface area contributed by atoms with Crippen LogP contribution in [-0.2, 0) is 24.3 Å². The fourth-order valence-electron chi connectivity index (χ4n) is 6.72. The molecule has 0 heterocycles. The normalized spacial score (nSPS) is 34.0. The summed E-state index contributed by atoms with van der Waals surface area (Å²) in [4.78, 5) is 25.9. The fourth-order valence-corrected chi connectivity index (χ4v) is 8.36. The van der Waals surface area contributed by atoms with E-state index in [2.05, 4.69) is 16.6 Å². The van der Waals surface area contributed by atoms with Crippen molar-refractivity contribution >= 4 is 28.0 Å². The number of benzene rings is 1. The van der Waals surface area contributed by atoms with E-state index in [9.17, 15) is 18.0 Å². The smallest absolute Gasteiger partial charge is 0.311 e. The molecule has 8 heteroatoms. The van der Waals surface area contributed by atoms with E-state index in [-0.39, 0.29) is 34.6 Å². The van der Waals surface area contributed by atoms with Gasteiger partial charge in [-0.25, -0.2) is 8.42 Å². The van der Waals surface area contributed by atoms with Gasteiger partial charge < -0.3 is 10.1 Å². The maximum absolute atomic E-state index is 13.3. The molecule has 4 bridgehead atoms. The lowest BCUT2D eigenvalue weighted by molar-refractivity contribution is -0.171. The minimum Gasteiger partial charge on any atom is -0.469 e. The molecule has 5 aliphatic rings. The van der Waals surface area contributed by atoms with Crippen LogP contribution in [0.3, 0.4) is 0 Å². The molecule has 0 aromatic heterocycles. The molecule has 1 aromatic rings. The molecule has 0 spiro atoms. The summed E-state index contributed by atoms with van der Waals surface area (Å²) in [5, 5.41) is 3.20. The molecule has 0 saturated heterocycles. The van der Waals surface area contributed by atoms with Gasteiger partial charge in [-0.05, 0) is 74.3 Å². The molecule has 0 aliphatic heterocycles. The van der Waals surface area contributed by atoms with Crippen molar-refractivity contribution in [3.63, 3.8) is 0 Å². The quantitative estimate of drug-likeness (QED) is 0.612. The van der Waals surface area contributed by atoms with E-state index in [1.807, 2.05) is 0 Å². The summed E-state index contributed by atoms with van der Waals surface area (Å²) in [5.41, 5.74) is -0.994. The number of hydrogen-bond donors (Lipinski definition) is 2. The maximum atomic E-state index is 13.3. The van der Waals surface area contributed by atoms with Crippen molar-refractivity contribution in [3.05, 3.63) is 36.4 Å². The number of carbonyl (C=O) groups is 2. The van der Waals surface area contributed by atoms with Crippen LogP contribution in [0.5, 0.6) is 0 Å². The molecule has 2 atom stereocenters. The number of hydrogen-bond acceptors (Lipinski definition) is 5. The molecule has 0 radical (unpaired) electrons. The summed E-state index contributed by atoms with van der Waals surface area (Å²) in [6, 6.07) is 6.61. The van der Waals surface area contributed by atoms with Gasteiger partial charge >= 0.3 is 5.97 Å². The largest absolute Gasteiger partial charge is 0.469 e. The van der Waals surface area contributed by atoms with Crippen molar-refractivity contribution in [1.82, 2.24) is 10.0 Å². The summed E-state index contributed by atoms with van der Waals surface area (Å²) < 4.78 is 33.9. The molecule has 2 unspecified atom stereocenters. The monoisotopic (exact) mass is 458 g/mol. The molecule has 5 saturated carbocycles. The van der Waals surface area contributed by atoms with Crippen molar-refractivity contribution in [2.24, 2.45) is 23.2 Å². The number of amides is 1. The SMILES string of the molecule is C=Cc1ccccc1S(=O)(=O)NC1(C(=O)NC2C3CC4CC2CC(C(=O)OC)(C4)C3)CC1. The van der Waals surface area contributed by atoms with Gasteiger partial charge in [0.05, 0.1) is 17.4 Å². The van der Waals surface area contributed by atoms with Crippen LogP contribution in [-0.4, -0.2) is 39.0 Å². The highest BCUT2D eigenvalue weighted by atomic mass is 32.2. The highest BCUT2D eigenvalue weighted by molar-refractivity contribution is 7.89. The van der Waals surface area contributed by atoms with Gasteiger partial charge in [0.25, 0.3) is 0 Å². The van der Waals surface area contributed by atoms with Gasteiger partial charge in [-0.2, -0.15) is 4.72 Å². The Balaban J connectivity index is 1.32. The van der Waals surface area contributed by atoms with Crippen molar-refractivity contribution in [1.29, 1.82) is 0 Å². The second kappa shape index (κ2) is 7.42. The zero-order valence-corrected chi connectivity index (χ0v) is 19.1. The van der Waals surface area contributed by atoms with Crippen LogP contribution in [0.1, 0.15) is 50.5 Å². The molecule has 5 fully saturated rings. The van der Waals surface area contributed by atoms with E-state index in [1.54, 1.807) is 18.2 Å². The summed E-state index contributed by atoms with van der Waals surface area (Å²) in [5.74, 6) is 0.607. The molecular formula is C24H30N2O5S. The number of esters is 1. The van der Waals surface area contributed by atoms with Crippen LogP contribution >= 0.6 is 0 Å². The average molecular weight is 459 g/mol. The number of rotatable bonds is 7. The van der Waals surface area contributed by atoms with Crippen molar-refractivity contribution < 1.29 is 22.7 Å². The molecule has 2 N–H and O–H groups in total. The Morgan fingerprint density at radius 3 is 2.38 bits per heavy atom. The molecular weight excluding hydrogens is 428 g/mol. The highest BCUT2D eigenvalue weighted by Crippen LogP contribution is 2.60. The van der Waals surface area contributed by atoms with Crippen LogP contribution < -0.4 is 10.0 Å². The standard InChI is InChI=1S/C24H30N2O5S/c1-3-16-6-4-5-7-19(16)32(29,30)26-24(8-9-24)21(27)25-20-17-10-15-11-18(20)14-23(12-15,13-17)22(28)31-2/h3-7,15,17-18,20,26H,1,8-14H2,2H3,(H,25,27). The van der Waals surface area contributed by atoms with E-state index in [0.717, 1.165) is 32.1 Å². The first-order chi connectivity index (χ1) is 15.2. The van der Waals surface area contributed by atoms with Crippen molar-refractivity contribution in [2.45, 2.75) is 61.4 Å². The topological polar surface area (TPSA) is 102 Å². The Bertz CT molecular complexity index is 1060. The first kappa shape index (κ1) is 21.6. The lowest BCUT2D eigenvalue weighted by Gasteiger charge is -2.58. The van der Waals surface area contributed by atoms with Gasteiger partial charge in [0, 0.05) is 6.04 Å². The third-order valence-corrected chi connectivity index (χ3v) is 9.74. The summed E-state index contributed by atoms with van der Waals surface area (Å²) in [6.45, 7) is 3.69. The number of carbonyl (C=O) groups excluding carboxylic acids is 2. The fraction of sp³-hybridized carbons (Fsp3) is 0.583. The zero-order valence-electron chi connectivity index (χ0n) is 18.3. The minimum atomic E-state index is -3.87. The van der Waals surface area contributed by atoms with E-state index >= 15 is 0 Å². The highest BCUT2D eigenvalue weighted by Gasteiger charge is 2.61. The molecule has 32 heavy (non-hydrogen) atoms. The van der Waals surface area contributed by atoms with Gasteiger partial charge in [0.1, 0.15) is 5.54 Å².